The van der Waals surface area contributed by atoms with Gasteiger partial charge in [0.15, 0.2) is 0 Å². The van der Waals surface area contributed by atoms with Crippen molar-refractivity contribution < 1.29 is 13.2 Å². The van der Waals surface area contributed by atoms with Gasteiger partial charge in [0, 0.05) is 0 Å². The van der Waals surface area contributed by atoms with Gasteiger partial charge in [-0.2, -0.15) is 0 Å². The average molecular weight is 388 g/mol. The van der Waals surface area contributed by atoms with Gasteiger partial charge in [-0.25, -0.2) is 13.2 Å². The van der Waals surface area contributed by atoms with Crippen molar-refractivity contribution in [1.29, 1.82) is 0 Å². The lowest BCUT2D eigenvalue weighted by molar-refractivity contribution is 0.589. The first-order valence-electron chi connectivity index (χ1n) is 9.44. The van der Waals surface area contributed by atoms with E-state index in [0.717, 1.165) is 35.2 Å². The molecule has 0 radical (unpaired) electrons. The van der Waals surface area contributed by atoms with Gasteiger partial charge in [-0.1, -0.05) is 48.5 Å². The Morgan fingerprint density at radius 1 is 0.690 bits per heavy atom. The molecule has 0 unspecified atom stereocenters. The van der Waals surface area contributed by atoms with Crippen molar-refractivity contribution in [3.8, 4) is 22.3 Å². The Balaban J connectivity index is 1.73. The van der Waals surface area contributed by atoms with E-state index in [-0.39, 0.29) is 11.1 Å². The monoisotopic (exact) mass is 388 g/mol. The summed E-state index contributed by atoms with van der Waals surface area (Å²) < 4.78 is 42.9. The summed E-state index contributed by atoms with van der Waals surface area (Å²) in [5, 5.41) is 2.08. The summed E-state index contributed by atoms with van der Waals surface area (Å²) in [5.41, 5.74) is 2.34. The molecular formula is C26H19F3. The summed E-state index contributed by atoms with van der Waals surface area (Å²) in [7, 11) is 0. The largest absolute Gasteiger partial charge is 0.207 e. The van der Waals surface area contributed by atoms with Gasteiger partial charge < -0.3 is 0 Å². The summed E-state index contributed by atoms with van der Waals surface area (Å²) in [6.45, 7) is 3.75. The van der Waals surface area contributed by atoms with Crippen molar-refractivity contribution in [3.05, 3.63) is 108 Å². The first-order chi connectivity index (χ1) is 14.0. The maximum Gasteiger partial charge on any atom is 0.134 e. The van der Waals surface area contributed by atoms with Crippen molar-refractivity contribution in [2.45, 2.75) is 12.8 Å². The van der Waals surface area contributed by atoms with Gasteiger partial charge in [0.1, 0.15) is 17.5 Å². The van der Waals surface area contributed by atoms with E-state index in [9.17, 15) is 13.2 Å². The zero-order valence-electron chi connectivity index (χ0n) is 15.8. The summed E-state index contributed by atoms with van der Waals surface area (Å²) in [6, 6.07) is 19.8. The maximum atomic E-state index is 14.7. The molecule has 0 saturated heterocycles. The standard InChI is InChI=1S/C26H19F3/c1-2-3-5-17-8-9-19-13-20(11-10-18(19)12-17)22-15-24(28)26(25(29)16-22)21-6-4-7-23(27)14-21/h2,4,6-16H,1,3,5H2. The highest BCUT2D eigenvalue weighted by Crippen LogP contribution is 2.32. The third kappa shape index (κ3) is 3.95. The molecule has 0 aliphatic heterocycles. The number of hydrogen-bond acceptors (Lipinski definition) is 0. The lowest BCUT2D eigenvalue weighted by Crippen LogP contribution is -1.93. The first-order valence-corrected chi connectivity index (χ1v) is 9.44. The van der Waals surface area contributed by atoms with Crippen LogP contribution in [0.15, 0.2) is 85.5 Å². The van der Waals surface area contributed by atoms with Crippen molar-refractivity contribution in [2.75, 3.05) is 0 Å². The normalized spacial score (nSPS) is 11.0. The molecule has 0 bridgehead atoms. The fraction of sp³-hybridized carbons (Fsp3) is 0.0769. The maximum absolute atomic E-state index is 14.7. The molecule has 29 heavy (non-hydrogen) atoms. The van der Waals surface area contributed by atoms with Crippen molar-refractivity contribution in [3.63, 3.8) is 0 Å². The van der Waals surface area contributed by atoms with E-state index in [1.807, 2.05) is 30.3 Å². The SMILES string of the molecule is C=CCCc1ccc2cc(-c3cc(F)c(-c4cccc(F)c4)c(F)c3)ccc2c1. The van der Waals surface area contributed by atoms with Gasteiger partial charge in [0.25, 0.3) is 0 Å². The molecule has 4 aromatic rings. The van der Waals surface area contributed by atoms with Gasteiger partial charge in [0.2, 0.25) is 0 Å². The van der Waals surface area contributed by atoms with Crippen molar-refractivity contribution in [1.82, 2.24) is 0 Å². The smallest absolute Gasteiger partial charge is 0.134 e. The number of hydrogen-bond donors (Lipinski definition) is 0. The average Bonchev–Trinajstić information content (AvgIpc) is 2.71. The van der Waals surface area contributed by atoms with Crippen LogP contribution in [0.4, 0.5) is 13.2 Å². The Bertz CT molecular complexity index is 1180. The number of benzene rings is 4. The molecule has 4 rings (SSSR count). The molecule has 144 valence electrons. The van der Waals surface area contributed by atoms with Crippen LogP contribution in [-0.4, -0.2) is 0 Å². The van der Waals surface area contributed by atoms with E-state index in [0.29, 0.717) is 5.56 Å². The Hall–Kier alpha value is -3.33. The van der Waals surface area contributed by atoms with Crippen molar-refractivity contribution in [2.24, 2.45) is 0 Å². The van der Waals surface area contributed by atoms with Crippen LogP contribution in [0.2, 0.25) is 0 Å². The zero-order chi connectivity index (χ0) is 20.4. The topological polar surface area (TPSA) is 0 Å². The molecule has 0 atom stereocenters. The van der Waals surface area contributed by atoms with Crippen LogP contribution < -0.4 is 0 Å². The molecule has 0 spiro atoms. The van der Waals surface area contributed by atoms with E-state index in [2.05, 4.69) is 18.7 Å². The van der Waals surface area contributed by atoms with Crippen LogP contribution in [-0.2, 0) is 6.42 Å². The summed E-state index contributed by atoms with van der Waals surface area (Å²) in [6.07, 6.45) is 3.74. The highest BCUT2D eigenvalue weighted by atomic mass is 19.1. The second-order valence-electron chi connectivity index (χ2n) is 7.05. The lowest BCUT2D eigenvalue weighted by Gasteiger charge is -2.10. The van der Waals surface area contributed by atoms with E-state index >= 15 is 0 Å². The van der Waals surface area contributed by atoms with E-state index in [4.69, 9.17) is 0 Å². The summed E-state index contributed by atoms with van der Waals surface area (Å²) >= 11 is 0. The highest BCUT2D eigenvalue weighted by molar-refractivity contribution is 5.88. The van der Waals surface area contributed by atoms with Gasteiger partial charge >= 0.3 is 0 Å². The van der Waals surface area contributed by atoms with E-state index < -0.39 is 17.5 Å². The minimum Gasteiger partial charge on any atom is -0.207 e. The van der Waals surface area contributed by atoms with Crippen LogP contribution in [0.1, 0.15) is 12.0 Å². The molecule has 0 fully saturated rings. The van der Waals surface area contributed by atoms with Gasteiger partial charge in [-0.05, 0) is 76.2 Å². The minimum atomic E-state index is -0.717. The molecule has 0 nitrogen and oxygen atoms in total. The predicted molar refractivity (Wildman–Crippen MR) is 113 cm³/mol. The fourth-order valence-electron chi connectivity index (χ4n) is 3.56. The quantitative estimate of drug-likeness (QED) is 0.307. The Morgan fingerprint density at radius 3 is 2.14 bits per heavy atom. The molecule has 0 saturated carbocycles. The molecule has 4 aromatic carbocycles. The molecule has 0 aliphatic carbocycles. The minimum absolute atomic E-state index is 0.178. The number of rotatable bonds is 5. The molecular weight excluding hydrogens is 369 g/mol. The second kappa shape index (κ2) is 7.96. The number of fused-ring (bicyclic) bond motifs is 1. The van der Waals surface area contributed by atoms with Crippen LogP contribution in [0.5, 0.6) is 0 Å². The van der Waals surface area contributed by atoms with E-state index in [1.54, 1.807) is 0 Å². The Kier molecular flexibility index (Phi) is 5.22. The second-order valence-corrected chi connectivity index (χ2v) is 7.05. The lowest BCUT2D eigenvalue weighted by atomic mass is 9.96. The van der Waals surface area contributed by atoms with E-state index in [1.165, 1.54) is 35.9 Å². The van der Waals surface area contributed by atoms with Gasteiger partial charge in [-0.3, -0.25) is 0 Å². The Labute approximate surface area is 167 Å². The molecule has 0 amide bonds. The zero-order valence-corrected chi connectivity index (χ0v) is 15.8. The summed E-state index contributed by atoms with van der Waals surface area (Å²) in [5.74, 6) is -1.97. The van der Waals surface area contributed by atoms with Gasteiger partial charge in [0.05, 0.1) is 5.56 Å². The van der Waals surface area contributed by atoms with Crippen LogP contribution >= 0.6 is 0 Å². The number of allylic oxidation sites excluding steroid dienone is 1. The van der Waals surface area contributed by atoms with Crippen LogP contribution in [0.25, 0.3) is 33.0 Å². The third-order valence-corrected chi connectivity index (χ3v) is 5.03. The predicted octanol–water partition coefficient (Wildman–Crippen LogP) is 7.71. The molecule has 0 N–H and O–H groups in total. The first kappa shape index (κ1) is 19.0. The van der Waals surface area contributed by atoms with Crippen LogP contribution in [0.3, 0.4) is 0 Å². The molecule has 3 heteroatoms. The van der Waals surface area contributed by atoms with Crippen LogP contribution in [0, 0.1) is 17.5 Å². The number of halogens is 3. The Morgan fingerprint density at radius 2 is 1.41 bits per heavy atom. The fourth-order valence-corrected chi connectivity index (χ4v) is 3.56. The molecule has 0 aromatic heterocycles. The van der Waals surface area contributed by atoms with Gasteiger partial charge in [-0.15, -0.1) is 6.58 Å². The molecule has 0 aliphatic rings. The van der Waals surface area contributed by atoms with Crippen molar-refractivity contribution >= 4 is 10.8 Å². The molecule has 0 heterocycles. The number of aryl methyl sites for hydroxylation is 1. The highest BCUT2D eigenvalue weighted by Gasteiger charge is 2.15. The summed E-state index contributed by atoms with van der Waals surface area (Å²) in [4.78, 5) is 0. The third-order valence-electron chi connectivity index (χ3n) is 5.03.